The van der Waals surface area contributed by atoms with Gasteiger partial charge in [-0.3, -0.25) is 14.2 Å². The van der Waals surface area contributed by atoms with Gasteiger partial charge in [0, 0.05) is 12.8 Å². The van der Waals surface area contributed by atoms with Crippen molar-refractivity contribution in [3.05, 3.63) is 12.2 Å². The molecule has 0 aliphatic rings. The normalized spacial score (nSPS) is 13.7. The molecule has 2 unspecified atom stereocenters. The van der Waals surface area contributed by atoms with Crippen LogP contribution in [0, 0.1) is 0 Å². The lowest BCUT2D eigenvalue weighted by molar-refractivity contribution is -0.870. The molecule has 0 aromatic carbocycles. The zero-order valence-corrected chi connectivity index (χ0v) is 35.4. The van der Waals surface area contributed by atoms with E-state index in [1.165, 1.54) is 109 Å². The maximum atomic E-state index is 12.6. The van der Waals surface area contributed by atoms with E-state index in [4.69, 9.17) is 18.5 Å². The Bertz CT molecular complexity index is 907. The lowest BCUT2D eigenvalue weighted by Gasteiger charge is -2.28. The predicted molar refractivity (Wildman–Crippen MR) is 213 cm³/mol. The minimum Gasteiger partial charge on any atom is -0.756 e. The lowest BCUT2D eigenvalue weighted by Crippen LogP contribution is -2.37. The summed E-state index contributed by atoms with van der Waals surface area (Å²) in [5, 5.41) is 0. The summed E-state index contributed by atoms with van der Waals surface area (Å²) in [5.41, 5.74) is 0. The highest BCUT2D eigenvalue weighted by Gasteiger charge is 2.21. The Balaban J connectivity index is 4.08. The van der Waals surface area contributed by atoms with Crippen molar-refractivity contribution in [3.63, 3.8) is 0 Å². The van der Waals surface area contributed by atoms with Crippen LogP contribution < -0.4 is 4.89 Å². The molecule has 0 saturated carbocycles. The number of ether oxygens (including phenoxy) is 2. The molecule has 9 nitrogen and oxygen atoms in total. The van der Waals surface area contributed by atoms with Crippen LogP contribution in [-0.4, -0.2) is 70.0 Å². The highest BCUT2D eigenvalue weighted by Crippen LogP contribution is 2.38. The van der Waals surface area contributed by atoms with Gasteiger partial charge >= 0.3 is 11.9 Å². The van der Waals surface area contributed by atoms with E-state index >= 15 is 0 Å². The summed E-state index contributed by atoms with van der Waals surface area (Å²) in [5.74, 6) is -0.843. The van der Waals surface area contributed by atoms with Crippen LogP contribution in [0.2, 0.25) is 0 Å². The summed E-state index contributed by atoms with van der Waals surface area (Å²) in [7, 11) is 1.17. The first-order chi connectivity index (χ1) is 25.0. The molecule has 0 fully saturated rings. The van der Waals surface area contributed by atoms with Gasteiger partial charge in [0.1, 0.15) is 19.8 Å². The molecule has 0 rings (SSSR count). The first-order valence-corrected chi connectivity index (χ1v) is 22.9. The monoisotopic (exact) mass is 760 g/mol. The number of rotatable bonds is 39. The molecule has 0 radical (unpaired) electrons. The van der Waals surface area contributed by atoms with Crippen LogP contribution in [-0.2, 0) is 32.7 Å². The molecule has 0 aromatic heterocycles. The van der Waals surface area contributed by atoms with Gasteiger partial charge in [0.2, 0.25) is 0 Å². The zero-order chi connectivity index (χ0) is 38.6. The van der Waals surface area contributed by atoms with Crippen LogP contribution in [0.1, 0.15) is 194 Å². The van der Waals surface area contributed by atoms with E-state index in [-0.39, 0.29) is 26.1 Å². The molecule has 0 bridgehead atoms. The molecule has 0 N–H and O–H groups in total. The third kappa shape index (κ3) is 38.5. The summed E-state index contributed by atoms with van der Waals surface area (Å²) >= 11 is 0. The molecule has 0 amide bonds. The van der Waals surface area contributed by atoms with Crippen LogP contribution >= 0.6 is 7.82 Å². The number of carbonyl (C=O) groups is 2. The fourth-order valence-electron chi connectivity index (χ4n) is 5.88. The minimum atomic E-state index is -4.61. The minimum absolute atomic E-state index is 0.0285. The van der Waals surface area contributed by atoms with E-state index in [0.717, 1.165) is 51.4 Å². The molecule has 0 saturated heterocycles. The Labute approximate surface area is 320 Å². The lowest BCUT2D eigenvalue weighted by atomic mass is 10.0. The average Bonchev–Trinajstić information content (AvgIpc) is 3.09. The van der Waals surface area contributed by atoms with Crippen molar-refractivity contribution in [1.82, 2.24) is 0 Å². The number of unbranched alkanes of at least 4 members (excludes halogenated alkanes) is 23. The predicted octanol–water partition coefficient (Wildman–Crippen LogP) is 11.2. The molecule has 0 aromatic rings. The van der Waals surface area contributed by atoms with Crippen molar-refractivity contribution in [2.24, 2.45) is 0 Å². The van der Waals surface area contributed by atoms with E-state index in [1.54, 1.807) is 0 Å². The van der Waals surface area contributed by atoms with Crippen molar-refractivity contribution in [2.75, 3.05) is 47.5 Å². The summed E-state index contributed by atoms with van der Waals surface area (Å²) in [6.45, 7) is 4.14. The Morgan fingerprint density at radius 2 is 0.981 bits per heavy atom. The highest BCUT2D eigenvalue weighted by molar-refractivity contribution is 7.45. The number of hydrogen-bond donors (Lipinski definition) is 0. The van der Waals surface area contributed by atoms with Gasteiger partial charge in [0.15, 0.2) is 6.10 Å². The zero-order valence-electron chi connectivity index (χ0n) is 34.5. The largest absolute Gasteiger partial charge is 0.756 e. The molecule has 0 aliphatic heterocycles. The highest BCUT2D eigenvalue weighted by atomic mass is 31.2. The van der Waals surface area contributed by atoms with Gasteiger partial charge in [0.25, 0.3) is 7.82 Å². The number of likely N-dealkylation sites (N-methyl/N-ethyl adjacent to an activating group) is 1. The second-order valence-electron chi connectivity index (χ2n) is 15.7. The number of carbonyl (C=O) groups excluding carboxylic acids is 2. The average molecular weight is 760 g/mol. The van der Waals surface area contributed by atoms with E-state index in [9.17, 15) is 19.0 Å². The Morgan fingerprint density at radius 3 is 1.42 bits per heavy atom. The fourth-order valence-corrected chi connectivity index (χ4v) is 6.61. The van der Waals surface area contributed by atoms with Gasteiger partial charge in [0.05, 0.1) is 27.7 Å². The Kier molecular flexibility index (Phi) is 34.6. The van der Waals surface area contributed by atoms with Crippen LogP contribution in [0.4, 0.5) is 0 Å². The SMILES string of the molecule is CCCCCCCCCC/C=C\CCCCCCCCCCCCCC(=O)OC(COC(=O)CCCCCCC)COP(=O)([O-])OCC[N+](C)(C)C. The molecule has 308 valence electrons. The molecule has 2 atom stereocenters. The topological polar surface area (TPSA) is 111 Å². The molecule has 10 heteroatoms. The quantitative estimate of drug-likeness (QED) is 0.0200. The van der Waals surface area contributed by atoms with Crippen LogP contribution in [0.5, 0.6) is 0 Å². The van der Waals surface area contributed by atoms with Crippen LogP contribution in [0.3, 0.4) is 0 Å². The van der Waals surface area contributed by atoms with Gasteiger partial charge in [-0.15, -0.1) is 0 Å². The number of esters is 2. The number of phosphoric acid groups is 1. The maximum absolute atomic E-state index is 12.6. The number of phosphoric ester groups is 1. The number of nitrogens with zero attached hydrogens (tertiary/aromatic N) is 1. The molecular weight excluding hydrogens is 677 g/mol. The van der Waals surface area contributed by atoms with Crippen molar-refractivity contribution in [3.8, 4) is 0 Å². The molecule has 0 aliphatic carbocycles. The molecule has 0 spiro atoms. The van der Waals surface area contributed by atoms with Crippen molar-refractivity contribution >= 4 is 19.8 Å². The van der Waals surface area contributed by atoms with Gasteiger partial charge in [-0.1, -0.05) is 154 Å². The van der Waals surface area contributed by atoms with E-state index in [1.807, 2.05) is 21.1 Å². The third-order valence-corrected chi connectivity index (χ3v) is 10.2. The number of hydrogen-bond acceptors (Lipinski definition) is 8. The summed E-state index contributed by atoms with van der Waals surface area (Å²) < 4.78 is 33.6. The van der Waals surface area contributed by atoms with Gasteiger partial charge < -0.3 is 27.9 Å². The van der Waals surface area contributed by atoms with Crippen LogP contribution in [0.15, 0.2) is 12.2 Å². The smallest absolute Gasteiger partial charge is 0.306 e. The second kappa shape index (κ2) is 35.5. The van der Waals surface area contributed by atoms with Gasteiger partial charge in [-0.05, 0) is 38.5 Å². The summed E-state index contributed by atoms with van der Waals surface area (Å²) in [6, 6.07) is 0. The molecule has 0 heterocycles. The maximum Gasteiger partial charge on any atom is 0.306 e. The summed E-state index contributed by atoms with van der Waals surface area (Å²) in [4.78, 5) is 37.1. The van der Waals surface area contributed by atoms with Crippen molar-refractivity contribution < 1.29 is 42.1 Å². The van der Waals surface area contributed by atoms with E-state index in [0.29, 0.717) is 17.4 Å². The Morgan fingerprint density at radius 1 is 0.577 bits per heavy atom. The van der Waals surface area contributed by atoms with Crippen LogP contribution in [0.25, 0.3) is 0 Å². The summed E-state index contributed by atoms with van der Waals surface area (Å²) in [6.07, 6.45) is 35.8. The molecule has 52 heavy (non-hydrogen) atoms. The van der Waals surface area contributed by atoms with Crippen molar-refractivity contribution in [2.45, 2.75) is 200 Å². The number of allylic oxidation sites excluding steroid dienone is 2. The molecular formula is C42H82NO8P. The first kappa shape index (κ1) is 50.8. The standard InChI is InChI=1S/C42H82NO8P/c1-6-8-10-12-13-14-15-16-17-18-19-20-21-22-23-24-25-26-27-28-29-31-33-35-42(45)51-40(38-48-41(44)34-32-30-11-9-7-2)39-50-52(46,47)49-37-36-43(3,4)5/h18-19,40H,6-17,20-39H2,1-5H3/b19-18-. The first-order valence-electron chi connectivity index (χ1n) is 21.4. The second-order valence-corrected chi connectivity index (χ2v) is 17.1. The van der Waals surface area contributed by atoms with E-state index in [2.05, 4.69) is 26.0 Å². The Hall–Kier alpha value is -1.25. The van der Waals surface area contributed by atoms with Gasteiger partial charge in [-0.2, -0.15) is 0 Å². The van der Waals surface area contributed by atoms with Gasteiger partial charge in [-0.25, -0.2) is 0 Å². The number of quaternary nitrogens is 1. The van der Waals surface area contributed by atoms with E-state index < -0.39 is 32.5 Å². The fraction of sp³-hybridized carbons (Fsp3) is 0.905. The van der Waals surface area contributed by atoms with Crippen molar-refractivity contribution in [1.29, 1.82) is 0 Å². The third-order valence-electron chi connectivity index (χ3n) is 9.29.